The summed E-state index contributed by atoms with van der Waals surface area (Å²) in [6.45, 7) is 6.60. The van der Waals surface area contributed by atoms with Crippen molar-refractivity contribution in [2.45, 2.75) is 82.8 Å². The Morgan fingerprint density at radius 1 is 1.06 bits per heavy atom. The topological polar surface area (TPSA) is 65.5 Å². The predicted octanol–water partition coefficient (Wildman–Crippen LogP) is 6.35. The van der Waals surface area contributed by atoms with Crippen molar-refractivity contribution >= 4 is 9.84 Å². The van der Waals surface area contributed by atoms with Crippen LogP contribution in [0, 0.1) is 23.7 Å². The number of methoxy groups -OCH3 is 1. The van der Waals surface area contributed by atoms with Crippen LogP contribution in [0.1, 0.15) is 80.7 Å². The van der Waals surface area contributed by atoms with E-state index in [1.807, 2.05) is 18.3 Å². The SMILES string of the molecule is CCc1cc(COC)cnc1C(C)C1CCCC(C2CC2COCc2ccc(S(C)(=O)=O)cc2)CC1. The van der Waals surface area contributed by atoms with Gasteiger partial charge in [0.2, 0.25) is 0 Å². The maximum absolute atomic E-state index is 11.6. The molecule has 0 amide bonds. The predicted molar refractivity (Wildman–Crippen MR) is 144 cm³/mol. The molecular weight excluding hydrogens is 470 g/mol. The van der Waals surface area contributed by atoms with Crippen molar-refractivity contribution < 1.29 is 17.9 Å². The summed E-state index contributed by atoms with van der Waals surface area (Å²) in [5.74, 6) is 3.53. The van der Waals surface area contributed by atoms with Gasteiger partial charge in [-0.3, -0.25) is 4.98 Å². The van der Waals surface area contributed by atoms with Crippen LogP contribution in [-0.4, -0.2) is 33.4 Å². The first-order chi connectivity index (χ1) is 17.3. The van der Waals surface area contributed by atoms with E-state index in [0.717, 1.165) is 30.4 Å². The number of hydrogen-bond donors (Lipinski definition) is 0. The van der Waals surface area contributed by atoms with Gasteiger partial charge in [0, 0.05) is 31.2 Å². The molecule has 36 heavy (non-hydrogen) atoms. The van der Waals surface area contributed by atoms with Crippen molar-refractivity contribution in [3.63, 3.8) is 0 Å². The quantitative estimate of drug-likeness (QED) is 0.328. The highest BCUT2D eigenvalue weighted by Crippen LogP contribution is 2.50. The van der Waals surface area contributed by atoms with Gasteiger partial charge in [-0.2, -0.15) is 0 Å². The zero-order valence-corrected chi connectivity index (χ0v) is 23.2. The largest absolute Gasteiger partial charge is 0.380 e. The summed E-state index contributed by atoms with van der Waals surface area (Å²) in [6.07, 6.45) is 12.1. The number of sulfone groups is 1. The van der Waals surface area contributed by atoms with Gasteiger partial charge >= 0.3 is 0 Å². The normalized spacial score (nSPS) is 25.3. The summed E-state index contributed by atoms with van der Waals surface area (Å²) in [5, 5.41) is 0. The molecule has 4 rings (SSSR count). The third-order valence-electron chi connectivity index (χ3n) is 8.48. The van der Waals surface area contributed by atoms with Gasteiger partial charge in [0.25, 0.3) is 0 Å². The van der Waals surface area contributed by atoms with E-state index in [1.165, 1.54) is 61.6 Å². The lowest BCUT2D eigenvalue weighted by molar-refractivity contribution is 0.104. The molecule has 1 aromatic carbocycles. The van der Waals surface area contributed by atoms with Gasteiger partial charge in [-0.15, -0.1) is 0 Å². The summed E-state index contributed by atoms with van der Waals surface area (Å²) in [7, 11) is -1.41. The number of aromatic nitrogens is 1. The Hall–Kier alpha value is -1.76. The van der Waals surface area contributed by atoms with Crippen molar-refractivity contribution in [2.24, 2.45) is 23.7 Å². The fraction of sp³-hybridized carbons (Fsp3) is 0.633. The lowest BCUT2D eigenvalue weighted by Crippen LogP contribution is -2.14. The highest BCUT2D eigenvalue weighted by atomic mass is 32.2. The van der Waals surface area contributed by atoms with Gasteiger partial charge in [0.15, 0.2) is 9.84 Å². The van der Waals surface area contributed by atoms with Crippen LogP contribution in [0.5, 0.6) is 0 Å². The fourth-order valence-electron chi connectivity index (χ4n) is 6.22. The molecule has 1 heterocycles. The highest BCUT2D eigenvalue weighted by molar-refractivity contribution is 7.90. The second-order valence-electron chi connectivity index (χ2n) is 11.1. The van der Waals surface area contributed by atoms with Crippen molar-refractivity contribution in [2.75, 3.05) is 20.0 Å². The monoisotopic (exact) mass is 513 g/mol. The molecule has 2 aromatic rings. The zero-order chi connectivity index (χ0) is 25.7. The molecule has 5 unspecified atom stereocenters. The average molecular weight is 514 g/mol. The van der Waals surface area contributed by atoms with Crippen LogP contribution in [0.2, 0.25) is 0 Å². The van der Waals surface area contributed by atoms with Crippen LogP contribution >= 0.6 is 0 Å². The Morgan fingerprint density at radius 2 is 1.83 bits per heavy atom. The van der Waals surface area contributed by atoms with Crippen LogP contribution < -0.4 is 0 Å². The van der Waals surface area contributed by atoms with Gasteiger partial charge in [-0.05, 0) is 84.6 Å². The fourth-order valence-corrected chi connectivity index (χ4v) is 6.85. The van der Waals surface area contributed by atoms with E-state index in [2.05, 4.69) is 19.9 Å². The molecule has 2 fully saturated rings. The first-order valence-corrected chi connectivity index (χ1v) is 15.5. The molecule has 0 N–H and O–H groups in total. The average Bonchev–Trinajstić information content (AvgIpc) is 3.66. The van der Waals surface area contributed by atoms with Gasteiger partial charge in [0.05, 0.1) is 24.7 Å². The maximum atomic E-state index is 11.6. The molecule has 0 saturated heterocycles. The summed E-state index contributed by atoms with van der Waals surface area (Å²) in [5.41, 5.74) is 4.87. The minimum atomic E-state index is -3.15. The van der Waals surface area contributed by atoms with E-state index >= 15 is 0 Å². The minimum absolute atomic E-state index is 0.360. The Kier molecular flexibility index (Phi) is 9.24. The van der Waals surface area contributed by atoms with Gasteiger partial charge < -0.3 is 9.47 Å². The first kappa shape index (κ1) is 27.3. The van der Waals surface area contributed by atoms with Gasteiger partial charge in [-0.1, -0.05) is 44.9 Å². The molecule has 198 valence electrons. The second-order valence-corrected chi connectivity index (χ2v) is 13.1. The second kappa shape index (κ2) is 12.2. The molecule has 5 atom stereocenters. The summed E-state index contributed by atoms with van der Waals surface area (Å²) in [6, 6.07) is 9.35. The lowest BCUT2D eigenvalue weighted by atomic mass is 9.82. The number of rotatable bonds is 11. The van der Waals surface area contributed by atoms with Crippen LogP contribution in [0.3, 0.4) is 0 Å². The van der Waals surface area contributed by atoms with E-state index in [9.17, 15) is 8.42 Å². The van der Waals surface area contributed by atoms with E-state index < -0.39 is 9.84 Å². The van der Waals surface area contributed by atoms with Crippen LogP contribution in [0.4, 0.5) is 0 Å². The molecule has 0 bridgehead atoms. The zero-order valence-electron chi connectivity index (χ0n) is 22.4. The smallest absolute Gasteiger partial charge is 0.175 e. The minimum Gasteiger partial charge on any atom is -0.380 e. The molecule has 0 radical (unpaired) electrons. The van der Waals surface area contributed by atoms with E-state index in [-0.39, 0.29) is 0 Å². The van der Waals surface area contributed by atoms with Gasteiger partial charge in [0.1, 0.15) is 0 Å². The third-order valence-corrected chi connectivity index (χ3v) is 9.61. The molecule has 2 aliphatic rings. The molecule has 0 spiro atoms. The molecule has 1 aromatic heterocycles. The Bertz CT molecular complexity index is 1100. The van der Waals surface area contributed by atoms with Crippen molar-refractivity contribution in [1.82, 2.24) is 4.98 Å². The summed E-state index contributed by atoms with van der Waals surface area (Å²) in [4.78, 5) is 5.26. The Labute approximate surface area is 217 Å². The number of nitrogens with zero attached hydrogens (tertiary/aromatic N) is 1. The highest BCUT2D eigenvalue weighted by Gasteiger charge is 2.43. The molecule has 6 heteroatoms. The van der Waals surface area contributed by atoms with E-state index in [1.54, 1.807) is 19.2 Å². The van der Waals surface area contributed by atoms with Crippen LogP contribution in [0.15, 0.2) is 41.4 Å². The molecule has 0 aliphatic heterocycles. The maximum Gasteiger partial charge on any atom is 0.175 e. The van der Waals surface area contributed by atoms with Crippen LogP contribution in [-0.2, 0) is 38.9 Å². The van der Waals surface area contributed by atoms with E-state index in [4.69, 9.17) is 14.5 Å². The summed E-state index contributed by atoms with van der Waals surface area (Å²) >= 11 is 0. The number of benzene rings is 1. The van der Waals surface area contributed by atoms with Crippen molar-refractivity contribution in [3.05, 3.63) is 58.9 Å². The number of pyridine rings is 1. The van der Waals surface area contributed by atoms with E-state index in [0.29, 0.717) is 35.9 Å². The Morgan fingerprint density at radius 3 is 2.53 bits per heavy atom. The number of hydrogen-bond acceptors (Lipinski definition) is 5. The van der Waals surface area contributed by atoms with Gasteiger partial charge in [-0.25, -0.2) is 8.42 Å². The number of ether oxygens (including phenoxy) is 2. The third kappa shape index (κ3) is 6.96. The molecular formula is C30H43NO4S. The number of aryl methyl sites for hydroxylation is 1. The standard InChI is InChI=1S/C30H43NO4S/c1-5-24-15-23(18-34-3)17-31-30(24)21(2)25-7-6-8-26(12-11-25)29-16-27(29)20-35-19-22-9-13-28(14-10-22)36(4,32)33/h9-10,13-15,17,21,25-27,29H,5-8,11-12,16,18-20H2,1-4H3. The lowest BCUT2D eigenvalue weighted by Gasteiger charge is -2.24. The Balaban J connectivity index is 1.24. The van der Waals surface area contributed by atoms with Crippen molar-refractivity contribution in [1.29, 1.82) is 0 Å². The summed E-state index contributed by atoms with van der Waals surface area (Å²) < 4.78 is 34.6. The first-order valence-electron chi connectivity index (χ1n) is 13.6. The molecule has 2 saturated carbocycles. The van der Waals surface area contributed by atoms with Crippen LogP contribution in [0.25, 0.3) is 0 Å². The molecule has 2 aliphatic carbocycles. The molecule has 5 nitrogen and oxygen atoms in total. The van der Waals surface area contributed by atoms with Crippen molar-refractivity contribution in [3.8, 4) is 0 Å².